The zero-order valence-electron chi connectivity index (χ0n) is 19.8. The minimum atomic E-state index is -0.00497. The Morgan fingerprint density at radius 3 is 2.66 bits per heavy atom. The Morgan fingerprint density at radius 1 is 1.38 bits per heavy atom. The molecule has 1 aliphatic heterocycles. The fourth-order valence-electron chi connectivity index (χ4n) is 4.55. The summed E-state index contributed by atoms with van der Waals surface area (Å²) < 4.78 is 0. The molecular weight excluding hydrogens is 402 g/mol. The fourth-order valence-corrected chi connectivity index (χ4v) is 4.55. The molecule has 1 unspecified atom stereocenters. The number of carbonyl (C=O) groups excluding carboxylic acids is 1. The summed E-state index contributed by atoms with van der Waals surface area (Å²) >= 11 is 0. The van der Waals surface area contributed by atoms with Gasteiger partial charge in [-0.2, -0.15) is 0 Å². The van der Waals surface area contributed by atoms with Gasteiger partial charge in [-0.05, 0) is 51.8 Å². The molecule has 2 amide bonds. The maximum Gasteiger partial charge on any atom is 0.320 e. The van der Waals surface area contributed by atoms with Crippen LogP contribution in [0.5, 0.6) is 0 Å². The Hall–Kier alpha value is -2.87. The van der Waals surface area contributed by atoms with Crippen LogP contribution in [0.1, 0.15) is 45.2 Å². The summed E-state index contributed by atoms with van der Waals surface area (Å²) in [5, 5.41) is 0. The van der Waals surface area contributed by atoms with Crippen molar-refractivity contribution >= 4 is 17.6 Å². The molecule has 3 rings (SSSR count). The van der Waals surface area contributed by atoms with Crippen molar-refractivity contribution in [2.24, 2.45) is 16.5 Å². The van der Waals surface area contributed by atoms with E-state index in [0.717, 1.165) is 25.9 Å². The van der Waals surface area contributed by atoms with Gasteiger partial charge in [0.1, 0.15) is 5.84 Å². The van der Waals surface area contributed by atoms with Crippen molar-refractivity contribution in [2.45, 2.75) is 51.1 Å². The molecule has 1 spiro atoms. The maximum atomic E-state index is 13.4. The molecule has 1 aromatic rings. The van der Waals surface area contributed by atoms with Gasteiger partial charge in [-0.3, -0.25) is 9.88 Å². The average molecular weight is 440 g/mol. The van der Waals surface area contributed by atoms with E-state index in [-0.39, 0.29) is 30.0 Å². The second-order valence-corrected chi connectivity index (χ2v) is 9.09. The summed E-state index contributed by atoms with van der Waals surface area (Å²) in [4.78, 5) is 28.3. The van der Waals surface area contributed by atoms with Crippen molar-refractivity contribution in [3.05, 3.63) is 47.9 Å². The van der Waals surface area contributed by atoms with Crippen LogP contribution < -0.4 is 11.5 Å². The lowest BCUT2D eigenvalue weighted by Gasteiger charge is -2.57. The molecule has 2 heterocycles. The molecule has 0 bridgehead atoms. The third kappa shape index (κ3) is 4.80. The third-order valence-corrected chi connectivity index (χ3v) is 6.89. The maximum absolute atomic E-state index is 13.4. The smallest absolute Gasteiger partial charge is 0.320 e. The largest absolute Gasteiger partial charge is 0.402 e. The molecule has 1 atom stereocenters. The number of piperazine rings is 1. The van der Waals surface area contributed by atoms with Crippen LogP contribution in [-0.4, -0.2) is 76.9 Å². The number of nitrogens with zero attached hydrogens (tertiary/aromatic N) is 5. The number of hydrogen-bond acceptors (Lipinski definition) is 5. The summed E-state index contributed by atoms with van der Waals surface area (Å²) in [6, 6.07) is 5.67. The van der Waals surface area contributed by atoms with Gasteiger partial charge in [0.2, 0.25) is 0 Å². The van der Waals surface area contributed by atoms with Crippen molar-refractivity contribution in [3.8, 4) is 0 Å². The van der Waals surface area contributed by atoms with Crippen molar-refractivity contribution in [1.82, 2.24) is 19.7 Å². The minimum absolute atomic E-state index is 0.00497. The summed E-state index contributed by atoms with van der Waals surface area (Å²) in [5.41, 5.74) is 15.1. The van der Waals surface area contributed by atoms with E-state index in [4.69, 9.17) is 11.5 Å². The molecule has 32 heavy (non-hydrogen) atoms. The van der Waals surface area contributed by atoms with Gasteiger partial charge < -0.3 is 21.3 Å². The number of nitrogens with two attached hydrogens (primary N) is 2. The van der Waals surface area contributed by atoms with Crippen molar-refractivity contribution in [2.75, 3.05) is 33.7 Å². The number of aliphatic imine (C=N–C) groups is 1. The molecule has 1 saturated heterocycles. The quantitative estimate of drug-likeness (QED) is 0.524. The van der Waals surface area contributed by atoms with Crippen LogP contribution in [-0.2, 0) is 0 Å². The predicted octanol–water partition coefficient (Wildman–Crippen LogP) is 2.64. The number of allylic oxidation sites excluding steroid dienone is 1. The monoisotopic (exact) mass is 439 g/mol. The number of pyridine rings is 1. The summed E-state index contributed by atoms with van der Waals surface area (Å²) in [6.07, 6.45) is 5.81. The Labute approximate surface area is 191 Å². The lowest BCUT2D eigenvalue weighted by Crippen LogP contribution is -2.68. The topological polar surface area (TPSA) is 104 Å². The SMILES string of the molecule is C=C(N=C(N)/C(CN(C)C(=O)N1CC2(CCC2)N(C)CC1C)=C(\N)CC)c1ccccn1. The second kappa shape index (κ2) is 9.73. The van der Waals surface area contributed by atoms with Gasteiger partial charge in [-0.25, -0.2) is 9.79 Å². The highest BCUT2D eigenvalue weighted by atomic mass is 16.2. The number of urea groups is 1. The standard InChI is InChI=1S/C24H37N7O/c1-6-20(25)19(22(26)28-18(3)21-10-7-8-13-27-21)15-29(4)23(32)31-16-24(11-9-12-24)30(5)14-17(31)2/h7-8,10,13,17H,3,6,9,11-12,14-16,25H2,1-2,4-5H3,(H2,26,28)/b20-19-. The Bertz CT molecular complexity index is 904. The summed E-state index contributed by atoms with van der Waals surface area (Å²) in [6.45, 7) is 9.98. The van der Waals surface area contributed by atoms with E-state index in [2.05, 4.69) is 35.4 Å². The number of carbonyl (C=O) groups is 1. The first kappa shape index (κ1) is 23.8. The normalized spacial score (nSPS) is 21.7. The summed E-state index contributed by atoms with van der Waals surface area (Å²) in [5.74, 6) is 0.265. The van der Waals surface area contributed by atoms with E-state index in [1.165, 1.54) is 6.42 Å². The highest BCUT2D eigenvalue weighted by Crippen LogP contribution is 2.40. The highest BCUT2D eigenvalue weighted by Gasteiger charge is 2.48. The molecular formula is C24H37N7O. The molecule has 0 aromatic carbocycles. The van der Waals surface area contributed by atoms with Gasteiger partial charge in [0.15, 0.2) is 0 Å². The van der Waals surface area contributed by atoms with E-state index in [0.29, 0.717) is 29.1 Å². The van der Waals surface area contributed by atoms with Crippen LogP contribution in [0, 0.1) is 0 Å². The average Bonchev–Trinajstić information content (AvgIpc) is 2.75. The van der Waals surface area contributed by atoms with Crippen LogP contribution in [0.3, 0.4) is 0 Å². The number of hydrogen-bond donors (Lipinski definition) is 2. The van der Waals surface area contributed by atoms with Crippen LogP contribution in [0.2, 0.25) is 0 Å². The van der Waals surface area contributed by atoms with E-state index in [9.17, 15) is 4.79 Å². The van der Waals surface area contributed by atoms with Gasteiger partial charge in [-0.1, -0.05) is 19.6 Å². The van der Waals surface area contributed by atoms with Crippen LogP contribution in [0.4, 0.5) is 4.79 Å². The molecule has 0 radical (unpaired) electrons. The summed E-state index contributed by atoms with van der Waals surface area (Å²) in [7, 11) is 3.97. The number of aromatic nitrogens is 1. The van der Waals surface area contributed by atoms with Gasteiger partial charge in [0.25, 0.3) is 0 Å². The molecule has 2 aliphatic rings. The Morgan fingerprint density at radius 2 is 2.09 bits per heavy atom. The molecule has 2 fully saturated rings. The van der Waals surface area contributed by atoms with Crippen molar-refractivity contribution in [1.29, 1.82) is 0 Å². The van der Waals surface area contributed by atoms with Gasteiger partial charge in [0, 0.05) is 49.2 Å². The number of rotatable bonds is 6. The molecule has 1 saturated carbocycles. The van der Waals surface area contributed by atoms with Gasteiger partial charge >= 0.3 is 6.03 Å². The Balaban J connectivity index is 1.76. The van der Waals surface area contributed by atoms with E-state index in [1.54, 1.807) is 18.1 Å². The molecule has 1 aromatic heterocycles. The van der Waals surface area contributed by atoms with E-state index < -0.39 is 0 Å². The third-order valence-electron chi connectivity index (χ3n) is 6.89. The lowest BCUT2D eigenvalue weighted by atomic mass is 9.73. The van der Waals surface area contributed by atoms with E-state index in [1.807, 2.05) is 30.0 Å². The zero-order valence-corrected chi connectivity index (χ0v) is 19.8. The first-order valence-electron chi connectivity index (χ1n) is 11.3. The first-order valence-corrected chi connectivity index (χ1v) is 11.3. The van der Waals surface area contributed by atoms with Crippen LogP contribution in [0.15, 0.2) is 47.2 Å². The van der Waals surface area contributed by atoms with Crippen molar-refractivity contribution < 1.29 is 4.79 Å². The van der Waals surface area contributed by atoms with Crippen molar-refractivity contribution in [3.63, 3.8) is 0 Å². The Kier molecular flexibility index (Phi) is 7.23. The fraction of sp³-hybridized carbons (Fsp3) is 0.542. The molecule has 8 heteroatoms. The number of amides is 2. The zero-order chi connectivity index (χ0) is 23.5. The molecule has 8 nitrogen and oxygen atoms in total. The second-order valence-electron chi connectivity index (χ2n) is 9.09. The predicted molar refractivity (Wildman–Crippen MR) is 130 cm³/mol. The van der Waals surface area contributed by atoms with Crippen LogP contribution >= 0.6 is 0 Å². The number of likely N-dealkylation sites (N-methyl/N-ethyl adjacent to an activating group) is 2. The minimum Gasteiger partial charge on any atom is -0.402 e. The lowest BCUT2D eigenvalue weighted by molar-refractivity contribution is -0.0470. The van der Waals surface area contributed by atoms with Gasteiger partial charge in [0.05, 0.1) is 17.9 Å². The first-order chi connectivity index (χ1) is 15.2. The number of amidine groups is 1. The van der Waals surface area contributed by atoms with Crippen LogP contribution in [0.25, 0.3) is 5.70 Å². The molecule has 4 N–H and O–H groups in total. The highest BCUT2D eigenvalue weighted by molar-refractivity contribution is 6.01. The molecule has 174 valence electrons. The van der Waals surface area contributed by atoms with Gasteiger partial charge in [-0.15, -0.1) is 0 Å². The van der Waals surface area contributed by atoms with E-state index >= 15 is 0 Å². The molecule has 1 aliphatic carbocycles.